The van der Waals surface area contributed by atoms with Crippen LogP contribution in [0.5, 0.6) is 5.88 Å². The average Bonchev–Trinajstić information content (AvgIpc) is 3.03. The molecule has 111 valence electrons. The lowest BCUT2D eigenvalue weighted by molar-refractivity contribution is 0.0551. The molecule has 3 aromatic rings. The lowest BCUT2D eigenvalue weighted by Gasteiger charge is -2.05. The minimum Gasteiger partial charge on any atom is -0.471 e. The maximum absolute atomic E-state index is 5.61. The fourth-order valence-corrected chi connectivity index (χ4v) is 2.00. The van der Waals surface area contributed by atoms with Crippen molar-refractivity contribution >= 4 is 0 Å². The van der Waals surface area contributed by atoms with Crippen LogP contribution in [0, 0.1) is 6.07 Å². The summed E-state index contributed by atoms with van der Waals surface area (Å²) >= 11 is 0. The van der Waals surface area contributed by atoms with Crippen LogP contribution in [0.2, 0.25) is 0 Å². The van der Waals surface area contributed by atoms with E-state index >= 15 is 0 Å². The van der Waals surface area contributed by atoms with Gasteiger partial charge in [0.1, 0.15) is 13.3 Å². The van der Waals surface area contributed by atoms with Gasteiger partial charge in [-0.15, -0.1) is 5.10 Å². The second kappa shape index (κ2) is 7.43. The van der Waals surface area contributed by atoms with E-state index in [0.717, 1.165) is 11.1 Å². The molecule has 0 saturated heterocycles. The van der Waals surface area contributed by atoms with Crippen LogP contribution in [0.1, 0.15) is 11.1 Å². The smallest absolute Gasteiger partial charge is 0.241 e. The summed E-state index contributed by atoms with van der Waals surface area (Å²) in [6.45, 7) is 1.42. The molecule has 0 spiro atoms. The molecule has 4 nitrogen and oxygen atoms in total. The molecular weight excluding hydrogens is 276 g/mol. The van der Waals surface area contributed by atoms with Crippen molar-refractivity contribution in [2.45, 2.75) is 19.9 Å². The first-order valence-electron chi connectivity index (χ1n) is 7.14. The quantitative estimate of drug-likeness (QED) is 0.669. The van der Waals surface area contributed by atoms with Crippen molar-refractivity contribution in [3.8, 4) is 5.88 Å². The molecule has 0 atom stereocenters. The predicted octanol–water partition coefficient (Wildman–Crippen LogP) is 3.44. The van der Waals surface area contributed by atoms with Gasteiger partial charge >= 0.3 is 0 Å². The summed E-state index contributed by atoms with van der Waals surface area (Å²) in [6.07, 6.45) is 1.73. The molecule has 0 unspecified atom stereocenters. The third kappa shape index (κ3) is 4.20. The molecule has 3 rings (SSSR count). The van der Waals surface area contributed by atoms with E-state index in [1.54, 1.807) is 10.9 Å². The van der Waals surface area contributed by atoms with Gasteiger partial charge in [-0.05, 0) is 11.1 Å². The van der Waals surface area contributed by atoms with Crippen molar-refractivity contribution in [2.75, 3.05) is 0 Å². The topological polar surface area (TPSA) is 36.3 Å². The van der Waals surface area contributed by atoms with E-state index in [-0.39, 0.29) is 0 Å². The summed E-state index contributed by atoms with van der Waals surface area (Å²) in [5.74, 6) is 0.479. The third-order valence-corrected chi connectivity index (χ3v) is 3.11. The number of nitrogens with zero attached hydrogens (tertiary/aromatic N) is 2. The molecule has 0 fully saturated rings. The zero-order chi connectivity index (χ0) is 15.0. The first kappa shape index (κ1) is 14.4. The molecule has 0 aliphatic rings. The van der Waals surface area contributed by atoms with E-state index in [9.17, 15) is 0 Å². The summed E-state index contributed by atoms with van der Waals surface area (Å²) in [4.78, 5) is 0. The van der Waals surface area contributed by atoms with Crippen molar-refractivity contribution in [1.29, 1.82) is 0 Å². The molecule has 0 amide bonds. The maximum atomic E-state index is 5.61. The SMILES string of the molecule is [c]1cn(COCc2ccccc2)nc1OCc1ccccc1. The van der Waals surface area contributed by atoms with Gasteiger partial charge in [-0.1, -0.05) is 60.7 Å². The lowest BCUT2D eigenvalue weighted by atomic mass is 10.2. The Morgan fingerprint density at radius 1 is 0.864 bits per heavy atom. The lowest BCUT2D eigenvalue weighted by Crippen LogP contribution is -2.04. The highest BCUT2D eigenvalue weighted by Gasteiger charge is 2.01. The molecule has 0 bridgehead atoms. The largest absolute Gasteiger partial charge is 0.471 e. The van der Waals surface area contributed by atoms with Crippen LogP contribution in [0.15, 0.2) is 66.9 Å². The molecular formula is C18H17N2O2. The third-order valence-electron chi connectivity index (χ3n) is 3.11. The number of benzene rings is 2. The minimum absolute atomic E-state index is 0.375. The number of hydrogen-bond acceptors (Lipinski definition) is 3. The van der Waals surface area contributed by atoms with Gasteiger partial charge in [0, 0.05) is 6.20 Å². The van der Waals surface area contributed by atoms with Crippen LogP contribution < -0.4 is 4.74 Å². The van der Waals surface area contributed by atoms with Gasteiger partial charge < -0.3 is 9.47 Å². The van der Waals surface area contributed by atoms with E-state index in [0.29, 0.717) is 25.8 Å². The van der Waals surface area contributed by atoms with Crippen molar-refractivity contribution in [1.82, 2.24) is 9.78 Å². The van der Waals surface area contributed by atoms with E-state index < -0.39 is 0 Å². The number of ether oxygens (including phenoxy) is 2. The fraction of sp³-hybridized carbons (Fsp3) is 0.167. The van der Waals surface area contributed by atoms with Gasteiger partial charge in [-0.2, -0.15) is 0 Å². The summed E-state index contributed by atoms with van der Waals surface area (Å²) in [5, 5.41) is 4.27. The van der Waals surface area contributed by atoms with Crippen molar-refractivity contribution in [3.05, 3.63) is 84.1 Å². The maximum Gasteiger partial charge on any atom is 0.241 e. The Kier molecular flexibility index (Phi) is 4.85. The summed E-state index contributed by atoms with van der Waals surface area (Å²) < 4.78 is 12.9. The number of aromatic nitrogens is 2. The van der Waals surface area contributed by atoms with E-state index in [1.165, 1.54) is 0 Å². The van der Waals surface area contributed by atoms with Gasteiger partial charge in [0.2, 0.25) is 5.88 Å². The number of hydrogen-bond donors (Lipinski definition) is 0. The molecule has 4 heteroatoms. The molecule has 0 aliphatic carbocycles. The van der Waals surface area contributed by atoms with E-state index in [1.807, 2.05) is 60.7 Å². The highest BCUT2D eigenvalue weighted by Crippen LogP contribution is 2.09. The van der Waals surface area contributed by atoms with Gasteiger partial charge in [-0.3, -0.25) is 0 Å². The van der Waals surface area contributed by atoms with Crippen molar-refractivity contribution in [2.24, 2.45) is 0 Å². The highest BCUT2D eigenvalue weighted by atomic mass is 16.5. The van der Waals surface area contributed by atoms with Crippen LogP contribution in [-0.2, 0) is 24.7 Å². The standard InChI is InChI=1S/C18H17N2O2/c1-3-7-16(8-4-1)13-21-15-20-12-11-18(19-20)22-14-17-9-5-2-6-10-17/h1-10,12H,13-15H2. The summed E-state index contributed by atoms with van der Waals surface area (Å²) in [6, 6.07) is 23.0. The van der Waals surface area contributed by atoms with Gasteiger partial charge in [0.05, 0.1) is 12.7 Å². The fourth-order valence-electron chi connectivity index (χ4n) is 2.00. The van der Waals surface area contributed by atoms with Crippen LogP contribution in [0.3, 0.4) is 0 Å². The Hall–Kier alpha value is -2.59. The zero-order valence-electron chi connectivity index (χ0n) is 12.2. The molecule has 1 radical (unpaired) electrons. The Labute approximate surface area is 129 Å². The Morgan fingerprint density at radius 2 is 1.50 bits per heavy atom. The molecule has 0 saturated carbocycles. The molecule has 1 aromatic heterocycles. The normalized spacial score (nSPS) is 10.5. The molecule has 0 N–H and O–H groups in total. The molecule has 0 aliphatic heterocycles. The van der Waals surface area contributed by atoms with Crippen LogP contribution in [-0.4, -0.2) is 9.78 Å². The van der Waals surface area contributed by atoms with Crippen molar-refractivity contribution in [3.63, 3.8) is 0 Å². The highest BCUT2D eigenvalue weighted by molar-refractivity contribution is 5.15. The van der Waals surface area contributed by atoms with Gasteiger partial charge in [0.25, 0.3) is 0 Å². The number of rotatable bonds is 7. The van der Waals surface area contributed by atoms with E-state index in [4.69, 9.17) is 9.47 Å². The second-order valence-corrected chi connectivity index (χ2v) is 4.86. The van der Waals surface area contributed by atoms with Gasteiger partial charge in [-0.25, -0.2) is 4.68 Å². The Morgan fingerprint density at radius 3 is 2.18 bits per heavy atom. The molecule has 1 heterocycles. The van der Waals surface area contributed by atoms with Crippen LogP contribution in [0.25, 0.3) is 0 Å². The predicted molar refractivity (Wildman–Crippen MR) is 83.1 cm³/mol. The van der Waals surface area contributed by atoms with E-state index in [2.05, 4.69) is 11.2 Å². The Bertz CT molecular complexity index is 681. The second-order valence-electron chi connectivity index (χ2n) is 4.86. The summed E-state index contributed by atoms with van der Waals surface area (Å²) in [5.41, 5.74) is 2.24. The first-order chi connectivity index (χ1) is 10.9. The Balaban J connectivity index is 1.45. The summed E-state index contributed by atoms with van der Waals surface area (Å²) in [7, 11) is 0. The zero-order valence-corrected chi connectivity index (χ0v) is 12.2. The van der Waals surface area contributed by atoms with Crippen LogP contribution in [0.4, 0.5) is 0 Å². The van der Waals surface area contributed by atoms with Gasteiger partial charge in [0.15, 0.2) is 0 Å². The monoisotopic (exact) mass is 293 g/mol. The minimum atomic E-state index is 0.375. The van der Waals surface area contributed by atoms with Crippen molar-refractivity contribution < 1.29 is 9.47 Å². The first-order valence-corrected chi connectivity index (χ1v) is 7.14. The molecule has 22 heavy (non-hydrogen) atoms. The van der Waals surface area contributed by atoms with Crippen LogP contribution >= 0.6 is 0 Å². The average molecular weight is 293 g/mol. The molecule has 2 aromatic carbocycles.